The van der Waals surface area contributed by atoms with Gasteiger partial charge >= 0.3 is 0 Å². The Hall–Kier alpha value is -3.10. The van der Waals surface area contributed by atoms with Gasteiger partial charge in [0.2, 0.25) is 15.9 Å². The molecule has 8 heteroatoms. The molecule has 3 rings (SSSR count). The van der Waals surface area contributed by atoms with Crippen LogP contribution in [0, 0.1) is 0 Å². The Labute approximate surface area is 169 Å². The van der Waals surface area contributed by atoms with Gasteiger partial charge in [-0.15, -0.1) is 0 Å². The van der Waals surface area contributed by atoms with Crippen molar-refractivity contribution in [3.63, 3.8) is 0 Å². The molecule has 1 aromatic heterocycles. The molecule has 1 heterocycles. The van der Waals surface area contributed by atoms with Crippen molar-refractivity contribution in [3.8, 4) is 5.75 Å². The van der Waals surface area contributed by atoms with Crippen LogP contribution in [0.5, 0.6) is 5.75 Å². The van der Waals surface area contributed by atoms with Gasteiger partial charge in [0, 0.05) is 12.1 Å². The maximum absolute atomic E-state index is 12.4. The van der Waals surface area contributed by atoms with Gasteiger partial charge in [0.1, 0.15) is 11.5 Å². The van der Waals surface area contributed by atoms with Crippen LogP contribution in [0.2, 0.25) is 0 Å². The molecule has 0 aliphatic heterocycles. The van der Waals surface area contributed by atoms with Gasteiger partial charge in [0.15, 0.2) is 0 Å². The number of anilines is 1. The Balaban J connectivity index is 1.48. The molecule has 3 aromatic rings. The predicted molar refractivity (Wildman–Crippen MR) is 109 cm³/mol. The quantitative estimate of drug-likeness (QED) is 0.495. The van der Waals surface area contributed by atoms with E-state index in [0.29, 0.717) is 24.5 Å². The number of hydrogen-bond acceptors (Lipinski definition) is 5. The number of rotatable bonds is 10. The van der Waals surface area contributed by atoms with E-state index in [-0.39, 0.29) is 23.8 Å². The summed E-state index contributed by atoms with van der Waals surface area (Å²) in [6.07, 6.45) is 2.29. The largest absolute Gasteiger partial charge is 0.494 e. The summed E-state index contributed by atoms with van der Waals surface area (Å²) in [6, 6.07) is 18.8. The Morgan fingerprint density at radius 1 is 1.00 bits per heavy atom. The highest BCUT2D eigenvalue weighted by molar-refractivity contribution is 7.89. The minimum absolute atomic E-state index is 0.0489. The van der Waals surface area contributed by atoms with E-state index >= 15 is 0 Å². The van der Waals surface area contributed by atoms with E-state index in [1.165, 1.54) is 18.4 Å². The van der Waals surface area contributed by atoms with Crippen molar-refractivity contribution >= 4 is 21.6 Å². The van der Waals surface area contributed by atoms with Crippen LogP contribution in [0.1, 0.15) is 18.6 Å². The van der Waals surface area contributed by atoms with E-state index in [2.05, 4.69) is 10.0 Å². The highest BCUT2D eigenvalue weighted by atomic mass is 32.2. The number of carbonyl (C=O) groups is 1. The number of nitrogens with one attached hydrogen (secondary N) is 2. The van der Waals surface area contributed by atoms with E-state index in [9.17, 15) is 13.2 Å². The molecular weight excluding hydrogens is 392 g/mol. The lowest BCUT2D eigenvalue weighted by Gasteiger charge is -2.09. The monoisotopic (exact) mass is 414 g/mol. The molecule has 0 radical (unpaired) electrons. The SMILES string of the molecule is O=C(CCCOc1ccccc1)Nc1cccc(S(=O)(=O)NCc2ccco2)c1. The zero-order valence-electron chi connectivity index (χ0n) is 15.7. The van der Waals surface area contributed by atoms with Crippen LogP contribution in [0.3, 0.4) is 0 Å². The van der Waals surface area contributed by atoms with Gasteiger partial charge in [-0.25, -0.2) is 13.1 Å². The van der Waals surface area contributed by atoms with Crippen LogP contribution in [0.4, 0.5) is 5.69 Å². The van der Waals surface area contributed by atoms with Crippen molar-refractivity contribution < 1.29 is 22.4 Å². The summed E-state index contributed by atoms with van der Waals surface area (Å²) in [6.45, 7) is 0.468. The van der Waals surface area contributed by atoms with Crippen molar-refractivity contribution in [3.05, 3.63) is 78.8 Å². The molecule has 0 saturated heterocycles. The van der Waals surface area contributed by atoms with Gasteiger partial charge in [0.25, 0.3) is 0 Å². The highest BCUT2D eigenvalue weighted by Gasteiger charge is 2.15. The number of amides is 1. The van der Waals surface area contributed by atoms with E-state index in [1.807, 2.05) is 30.3 Å². The number of para-hydroxylation sites is 1. The van der Waals surface area contributed by atoms with E-state index in [4.69, 9.17) is 9.15 Å². The number of ether oxygens (including phenoxy) is 1. The van der Waals surface area contributed by atoms with Crippen molar-refractivity contribution in [2.24, 2.45) is 0 Å². The zero-order valence-corrected chi connectivity index (χ0v) is 16.5. The van der Waals surface area contributed by atoms with E-state index in [0.717, 1.165) is 5.75 Å². The molecule has 2 aromatic carbocycles. The number of hydrogen-bond donors (Lipinski definition) is 2. The molecule has 0 spiro atoms. The van der Waals surface area contributed by atoms with Gasteiger partial charge in [-0.1, -0.05) is 24.3 Å². The summed E-state index contributed by atoms with van der Waals surface area (Å²) in [5.74, 6) is 1.06. The highest BCUT2D eigenvalue weighted by Crippen LogP contribution is 2.16. The van der Waals surface area contributed by atoms with Gasteiger partial charge in [-0.2, -0.15) is 0 Å². The maximum Gasteiger partial charge on any atom is 0.241 e. The third-order valence-corrected chi connectivity index (χ3v) is 5.40. The first kappa shape index (κ1) is 20.6. The molecule has 2 N–H and O–H groups in total. The molecule has 0 bridgehead atoms. The second kappa shape index (κ2) is 9.90. The second-order valence-corrected chi connectivity index (χ2v) is 8.01. The minimum Gasteiger partial charge on any atom is -0.494 e. The van der Waals surface area contributed by atoms with E-state index < -0.39 is 10.0 Å². The predicted octanol–water partition coefficient (Wildman–Crippen LogP) is 3.56. The first-order chi connectivity index (χ1) is 14.0. The Bertz CT molecular complexity index is 1020. The van der Waals surface area contributed by atoms with Gasteiger partial charge in [-0.05, 0) is 48.9 Å². The first-order valence-corrected chi connectivity index (χ1v) is 10.6. The molecule has 152 valence electrons. The minimum atomic E-state index is -3.73. The topological polar surface area (TPSA) is 97.6 Å². The third-order valence-electron chi connectivity index (χ3n) is 4.00. The van der Waals surface area contributed by atoms with Crippen LogP contribution in [0.15, 0.2) is 82.3 Å². The van der Waals surface area contributed by atoms with Crippen molar-refractivity contribution in [1.29, 1.82) is 0 Å². The number of benzene rings is 2. The Morgan fingerprint density at radius 2 is 1.83 bits per heavy atom. The molecule has 0 atom stereocenters. The standard InChI is InChI=1S/C21H22N2O5S/c24-21(12-6-14-27-18-8-2-1-3-9-18)23-17-7-4-11-20(15-17)29(25,26)22-16-19-10-5-13-28-19/h1-5,7-11,13,15,22H,6,12,14,16H2,(H,23,24). The number of sulfonamides is 1. The average molecular weight is 414 g/mol. The molecule has 0 aliphatic carbocycles. The fraction of sp³-hybridized carbons (Fsp3) is 0.190. The average Bonchev–Trinajstić information content (AvgIpc) is 3.25. The molecule has 0 aliphatic rings. The summed E-state index contributed by atoms with van der Waals surface area (Å²) in [5, 5.41) is 2.72. The molecule has 7 nitrogen and oxygen atoms in total. The normalized spacial score (nSPS) is 11.2. The summed E-state index contributed by atoms with van der Waals surface area (Å²) >= 11 is 0. The number of carbonyl (C=O) groups excluding carboxylic acids is 1. The molecule has 1 amide bonds. The molecule has 0 saturated carbocycles. The third kappa shape index (κ3) is 6.48. The van der Waals surface area contributed by atoms with Gasteiger partial charge in [0.05, 0.1) is 24.3 Å². The fourth-order valence-corrected chi connectivity index (χ4v) is 3.61. The van der Waals surface area contributed by atoms with Crippen molar-refractivity contribution in [1.82, 2.24) is 4.72 Å². The zero-order chi connectivity index (χ0) is 20.5. The Kier molecular flexibility index (Phi) is 7.04. The first-order valence-electron chi connectivity index (χ1n) is 9.13. The molecule has 0 fully saturated rings. The van der Waals surface area contributed by atoms with Crippen molar-refractivity contribution in [2.45, 2.75) is 24.3 Å². The number of furan rings is 1. The fourth-order valence-electron chi connectivity index (χ4n) is 2.57. The smallest absolute Gasteiger partial charge is 0.241 e. The molecule has 0 unspecified atom stereocenters. The molecular formula is C21H22N2O5S. The van der Waals surface area contributed by atoms with E-state index in [1.54, 1.807) is 24.3 Å². The maximum atomic E-state index is 12.4. The summed E-state index contributed by atoms with van der Waals surface area (Å²) in [7, 11) is -3.73. The second-order valence-electron chi connectivity index (χ2n) is 6.24. The summed E-state index contributed by atoms with van der Waals surface area (Å²) in [5.41, 5.74) is 0.417. The van der Waals surface area contributed by atoms with Crippen molar-refractivity contribution in [2.75, 3.05) is 11.9 Å². The van der Waals surface area contributed by atoms with Gasteiger partial charge in [-0.3, -0.25) is 4.79 Å². The lowest BCUT2D eigenvalue weighted by Crippen LogP contribution is -2.23. The lowest BCUT2D eigenvalue weighted by atomic mass is 10.2. The van der Waals surface area contributed by atoms with Crippen LogP contribution in [-0.2, 0) is 21.4 Å². The Morgan fingerprint density at radius 3 is 2.59 bits per heavy atom. The summed E-state index contributed by atoms with van der Waals surface area (Å²) in [4.78, 5) is 12.2. The molecule has 29 heavy (non-hydrogen) atoms. The summed E-state index contributed by atoms with van der Waals surface area (Å²) < 4.78 is 38.0. The van der Waals surface area contributed by atoms with Gasteiger partial charge < -0.3 is 14.5 Å². The van der Waals surface area contributed by atoms with Crippen LogP contribution >= 0.6 is 0 Å². The van der Waals surface area contributed by atoms with Crippen LogP contribution < -0.4 is 14.8 Å². The lowest BCUT2D eigenvalue weighted by molar-refractivity contribution is -0.116. The van der Waals surface area contributed by atoms with Crippen LogP contribution in [0.25, 0.3) is 0 Å². The van der Waals surface area contributed by atoms with Crippen LogP contribution in [-0.4, -0.2) is 20.9 Å².